The number of hydrogen-bond acceptors (Lipinski definition) is 2. The maximum Gasteiger partial charge on any atom is 0.308 e. The highest BCUT2D eigenvalue weighted by molar-refractivity contribution is 5.72. The summed E-state index contributed by atoms with van der Waals surface area (Å²) in [6, 6.07) is 0. The van der Waals surface area contributed by atoms with Crippen molar-refractivity contribution >= 4 is 5.97 Å². The van der Waals surface area contributed by atoms with Gasteiger partial charge in [-0.3, -0.25) is 4.79 Å². The van der Waals surface area contributed by atoms with Crippen LogP contribution in [-0.4, -0.2) is 13.1 Å². The van der Waals surface area contributed by atoms with E-state index in [9.17, 15) is 4.79 Å². The van der Waals surface area contributed by atoms with E-state index in [0.29, 0.717) is 11.8 Å². The van der Waals surface area contributed by atoms with Crippen LogP contribution in [0.2, 0.25) is 0 Å². The molecule has 0 saturated heterocycles. The molecule has 0 radical (unpaired) electrons. The van der Waals surface area contributed by atoms with Gasteiger partial charge < -0.3 is 4.74 Å². The van der Waals surface area contributed by atoms with E-state index in [1.165, 1.54) is 18.3 Å². The second kappa shape index (κ2) is 4.44. The molecule has 0 bridgehead atoms. The lowest BCUT2D eigenvalue weighted by Gasteiger charge is -2.38. The molecular formula is C14H20O2. The SMILES string of the molecule is COC(=O)C1CCC2C(C)=CC=C(C)C2C1. The topological polar surface area (TPSA) is 26.3 Å². The summed E-state index contributed by atoms with van der Waals surface area (Å²) in [4.78, 5) is 11.6. The van der Waals surface area contributed by atoms with Gasteiger partial charge in [-0.2, -0.15) is 0 Å². The van der Waals surface area contributed by atoms with Crippen LogP contribution < -0.4 is 0 Å². The Morgan fingerprint density at radius 3 is 2.44 bits per heavy atom. The largest absolute Gasteiger partial charge is 0.469 e. The number of esters is 1. The summed E-state index contributed by atoms with van der Waals surface area (Å²) in [6.07, 6.45) is 7.50. The van der Waals surface area contributed by atoms with Crippen LogP contribution in [-0.2, 0) is 9.53 Å². The molecular weight excluding hydrogens is 200 g/mol. The summed E-state index contributed by atoms with van der Waals surface area (Å²) in [7, 11) is 1.49. The first-order valence-electron chi connectivity index (χ1n) is 6.06. The minimum absolute atomic E-state index is 0.0292. The van der Waals surface area contributed by atoms with Crippen LogP contribution in [0.5, 0.6) is 0 Å². The average molecular weight is 220 g/mol. The average Bonchev–Trinajstić information content (AvgIpc) is 2.32. The maximum atomic E-state index is 11.6. The lowest BCUT2D eigenvalue weighted by Crippen LogP contribution is -2.32. The standard InChI is InChI=1S/C14H20O2/c1-9-4-5-10(2)13-8-11(14(15)16-3)6-7-12(9)13/h4-5,11-13H,6-8H2,1-3H3. The summed E-state index contributed by atoms with van der Waals surface area (Å²) in [5, 5.41) is 0. The summed E-state index contributed by atoms with van der Waals surface area (Å²) in [5.74, 6) is 1.30. The summed E-state index contributed by atoms with van der Waals surface area (Å²) in [5.41, 5.74) is 2.89. The number of fused-ring (bicyclic) bond motifs is 1. The third-order valence-corrected chi connectivity index (χ3v) is 4.16. The Bertz CT molecular complexity index is 352. The monoisotopic (exact) mass is 220 g/mol. The number of hydrogen-bond donors (Lipinski definition) is 0. The van der Waals surface area contributed by atoms with Crippen molar-refractivity contribution in [3.8, 4) is 0 Å². The lowest BCUT2D eigenvalue weighted by atomic mass is 9.67. The van der Waals surface area contributed by atoms with Crippen LogP contribution in [0.1, 0.15) is 33.1 Å². The highest BCUT2D eigenvalue weighted by Gasteiger charge is 2.36. The zero-order chi connectivity index (χ0) is 11.7. The van der Waals surface area contributed by atoms with Gasteiger partial charge in [-0.05, 0) is 44.9 Å². The predicted molar refractivity (Wildman–Crippen MR) is 63.9 cm³/mol. The number of methoxy groups -OCH3 is 1. The van der Waals surface area contributed by atoms with Crippen LogP contribution >= 0.6 is 0 Å². The molecule has 0 aromatic carbocycles. The smallest absolute Gasteiger partial charge is 0.308 e. The fourth-order valence-corrected chi connectivity index (χ4v) is 3.11. The molecule has 2 nitrogen and oxygen atoms in total. The number of ether oxygens (including phenoxy) is 1. The molecule has 2 rings (SSSR count). The van der Waals surface area contributed by atoms with Crippen LogP contribution in [0.25, 0.3) is 0 Å². The molecule has 0 amide bonds. The molecule has 1 fully saturated rings. The Balaban J connectivity index is 2.13. The van der Waals surface area contributed by atoms with Gasteiger partial charge >= 0.3 is 5.97 Å². The molecule has 3 unspecified atom stereocenters. The van der Waals surface area contributed by atoms with Gasteiger partial charge in [0, 0.05) is 0 Å². The number of carbonyl (C=O) groups is 1. The van der Waals surface area contributed by atoms with Crippen molar-refractivity contribution in [3.05, 3.63) is 23.3 Å². The highest BCUT2D eigenvalue weighted by atomic mass is 16.5. The first-order chi connectivity index (χ1) is 7.63. The van der Waals surface area contributed by atoms with Crippen molar-refractivity contribution < 1.29 is 9.53 Å². The van der Waals surface area contributed by atoms with Gasteiger partial charge in [-0.25, -0.2) is 0 Å². The molecule has 0 aromatic rings. The summed E-state index contributed by atoms with van der Waals surface area (Å²) < 4.78 is 4.86. The van der Waals surface area contributed by atoms with Crippen molar-refractivity contribution in [3.63, 3.8) is 0 Å². The fraction of sp³-hybridized carbons (Fsp3) is 0.643. The first-order valence-corrected chi connectivity index (χ1v) is 6.06. The summed E-state index contributed by atoms with van der Waals surface area (Å²) in [6.45, 7) is 4.39. The van der Waals surface area contributed by atoms with Gasteiger partial charge in [0.05, 0.1) is 13.0 Å². The molecule has 0 spiro atoms. The van der Waals surface area contributed by atoms with Crippen molar-refractivity contribution in [1.82, 2.24) is 0 Å². The normalized spacial score (nSPS) is 33.6. The quantitative estimate of drug-likeness (QED) is 0.635. The van der Waals surface area contributed by atoms with Gasteiger partial charge in [0.25, 0.3) is 0 Å². The number of carbonyl (C=O) groups excluding carboxylic acids is 1. The zero-order valence-electron chi connectivity index (χ0n) is 10.3. The van der Waals surface area contributed by atoms with E-state index in [2.05, 4.69) is 26.0 Å². The van der Waals surface area contributed by atoms with E-state index in [4.69, 9.17) is 4.74 Å². The fourth-order valence-electron chi connectivity index (χ4n) is 3.11. The van der Waals surface area contributed by atoms with Crippen molar-refractivity contribution in [2.75, 3.05) is 7.11 Å². The molecule has 88 valence electrons. The zero-order valence-corrected chi connectivity index (χ0v) is 10.3. The van der Waals surface area contributed by atoms with Crippen LogP contribution in [0.3, 0.4) is 0 Å². The van der Waals surface area contributed by atoms with Crippen molar-refractivity contribution in [2.45, 2.75) is 33.1 Å². The van der Waals surface area contributed by atoms with Gasteiger partial charge in [-0.1, -0.05) is 23.3 Å². The van der Waals surface area contributed by atoms with E-state index in [-0.39, 0.29) is 11.9 Å². The first kappa shape index (κ1) is 11.4. The molecule has 2 aliphatic rings. The Morgan fingerprint density at radius 2 is 1.81 bits per heavy atom. The molecule has 0 aromatic heterocycles. The Labute approximate surface area is 97.4 Å². The Hall–Kier alpha value is -1.05. The van der Waals surface area contributed by atoms with Crippen molar-refractivity contribution in [1.29, 1.82) is 0 Å². The van der Waals surface area contributed by atoms with Gasteiger partial charge in [0.2, 0.25) is 0 Å². The van der Waals surface area contributed by atoms with Crippen LogP contribution in [0.4, 0.5) is 0 Å². The second-order valence-corrected chi connectivity index (χ2v) is 5.07. The third kappa shape index (κ3) is 1.93. The second-order valence-electron chi connectivity index (χ2n) is 5.07. The van der Waals surface area contributed by atoms with E-state index in [1.807, 2.05) is 0 Å². The minimum atomic E-state index is -0.0292. The molecule has 3 atom stereocenters. The molecule has 0 N–H and O–H groups in total. The number of allylic oxidation sites excluding steroid dienone is 4. The molecule has 2 heteroatoms. The summed E-state index contributed by atoms with van der Waals surface area (Å²) >= 11 is 0. The van der Waals surface area contributed by atoms with Crippen molar-refractivity contribution in [2.24, 2.45) is 17.8 Å². The molecule has 2 aliphatic carbocycles. The minimum Gasteiger partial charge on any atom is -0.469 e. The van der Waals surface area contributed by atoms with E-state index < -0.39 is 0 Å². The molecule has 0 aliphatic heterocycles. The van der Waals surface area contributed by atoms with E-state index in [1.54, 1.807) is 0 Å². The lowest BCUT2D eigenvalue weighted by molar-refractivity contribution is -0.147. The van der Waals surface area contributed by atoms with E-state index >= 15 is 0 Å². The van der Waals surface area contributed by atoms with Crippen LogP contribution in [0.15, 0.2) is 23.3 Å². The highest BCUT2D eigenvalue weighted by Crippen LogP contribution is 2.43. The van der Waals surface area contributed by atoms with Gasteiger partial charge in [-0.15, -0.1) is 0 Å². The van der Waals surface area contributed by atoms with Crippen LogP contribution in [0, 0.1) is 17.8 Å². The molecule has 1 saturated carbocycles. The molecule has 16 heavy (non-hydrogen) atoms. The van der Waals surface area contributed by atoms with Gasteiger partial charge in [0.15, 0.2) is 0 Å². The maximum absolute atomic E-state index is 11.6. The Morgan fingerprint density at radius 1 is 1.19 bits per heavy atom. The third-order valence-electron chi connectivity index (χ3n) is 4.16. The number of rotatable bonds is 1. The Kier molecular flexibility index (Phi) is 3.17. The van der Waals surface area contributed by atoms with E-state index in [0.717, 1.165) is 19.3 Å². The molecule has 0 heterocycles. The van der Waals surface area contributed by atoms with Gasteiger partial charge in [0.1, 0.15) is 0 Å². The predicted octanol–water partition coefficient (Wildman–Crippen LogP) is 3.10.